The van der Waals surface area contributed by atoms with Gasteiger partial charge in [-0.2, -0.15) is 0 Å². The lowest BCUT2D eigenvalue weighted by molar-refractivity contribution is -0.385. The molecule has 1 aliphatic rings. The van der Waals surface area contributed by atoms with Gasteiger partial charge in [-0.3, -0.25) is 10.1 Å². The summed E-state index contributed by atoms with van der Waals surface area (Å²) in [6, 6.07) is 8.91. The van der Waals surface area contributed by atoms with Crippen LogP contribution in [0.2, 0.25) is 0 Å². The van der Waals surface area contributed by atoms with Gasteiger partial charge in [0.2, 0.25) is 0 Å². The fourth-order valence-corrected chi connectivity index (χ4v) is 2.20. The fourth-order valence-electron chi connectivity index (χ4n) is 2.20. The Labute approximate surface area is 110 Å². The Hall–Kier alpha value is -2.56. The lowest BCUT2D eigenvalue weighted by atomic mass is 10.1. The predicted octanol–water partition coefficient (Wildman–Crippen LogP) is 4.06. The summed E-state index contributed by atoms with van der Waals surface area (Å²) in [6.07, 6.45) is 0. The highest BCUT2D eigenvalue weighted by Gasteiger charge is 2.22. The second-order valence-corrected chi connectivity index (χ2v) is 4.57. The molecule has 2 aromatic carbocycles. The molecule has 19 heavy (non-hydrogen) atoms. The van der Waals surface area contributed by atoms with Crippen molar-refractivity contribution in [3.8, 4) is 11.5 Å². The molecule has 1 heterocycles. The number of aryl methyl sites for hydroxylation is 2. The van der Waals surface area contributed by atoms with Crippen LogP contribution >= 0.6 is 0 Å². The van der Waals surface area contributed by atoms with E-state index in [1.165, 1.54) is 6.07 Å². The summed E-state index contributed by atoms with van der Waals surface area (Å²) in [6.45, 7) is 3.70. The van der Waals surface area contributed by atoms with E-state index in [1.54, 1.807) is 13.0 Å². The first-order valence-electron chi connectivity index (χ1n) is 5.90. The molecule has 0 radical (unpaired) electrons. The van der Waals surface area contributed by atoms with E-state index in [1.807, 2.05) is 25.1 Å². The SMILES string of the molecule is Cc1cc2c(cc1[N+](=O)[O-])Oc1cccc(C)c1N2. The number of benzene rings is 2. The zero-order chi connectivity index (χ0) is 13.6. The topological polar surface area (TPSA) is 64.4 Å². The van der Waals surface area contributed by atoms with E-state index in [0.29, 0.717) is 17.1 Å². The maximum absolute atomic E-state index is 10.9. The second-order valence-electron chi connectivity index (χ2n) is 4.57. The molecule has 96 valence electrons. The molecule has 0 atom stereocenters. The van der Waals surface area contributed by atoms with Gasteiger partial charge in [-0.15, -0.1) is 0 Å². The Bertz CT molecular complexity index is 695. The molecule has 0 fully saturated rings. The van der Waals surface area contributed by atoms with E-state index < -0.39 is 4.92 Å². The van der Waals surface area contributed by atoms with E-state index in [9.17, 15) is 10.1 Å². The van der Waals surface area contributed by atoms with Gasteiger partial charge in [0, 0.05) is 5.56 Å². The maximum atomic E-state index is 10.9. The zero-order valence-corrected chi connectivity index (χ0v) is 10.6. The lowest BCUT2D eigenvalue weighted by Crippen LogP contribution is -2.05. The first kappa shape index (κ1) is 11.5. The van der Waals surface area contributed by atoms with Gasteiger partial charge in [-0.25, -0.2) is 0 Å². The van der Waals surface area contributed by atoms with Crippen LogP contribution in [0.4, 0.5) is 17.1 Å². The van der Waals surface area contributed by atoms with Gasteiger partial charge in [-0.1, -0.05) is 12.1 Å². The molecule has 1 N–H and O–H groups in total. The van der Waals surface area contributed by atoms with Crippen LogP contribution < -0.4 is 10.1 Å². The minimum absolute atomic E-state index is 0.0663. The lowest BCUT2D eigenvalue weighted by Gasteiger charge is -2.23. The number of nitrogens with zero attached hydrogens (tertiary/aromatic N) is 1. The summed E-state index contributed by atoms with van der Waals surface area (Å²) in [5.41, 5.74) is 3.40. The third-order valence-electron chi connectivity index (χ3n) is 3.21. The van der Waals surface area contributed by atoms with Crippen LogP contribution in [0.15, 0.2) is 30.3 Å². The van der Waals surface area contributed by atoms with Crippen LogP contribution in [0.3, 0.4) is 0 Å². The molecule has 0 saturated heterocycles. The van der Waals surface area contributed by atoms with E-state index >= 15 is 0 Å². The van der Waals surface area contributed by atoms with Gasteiger partial charge in [0.05, 0.1) is 22.4 Å². The molecule has 0 spiro atoms. The zero-order valence-electron chi connectivity index (χ0n) is 10.6. The van der Waals surface area contributed by atoms with Gasteiger partial charge in [0.15, 0.2) is 11.5 Å². The molecular formula is C14H12N2O3. The molecule has 0 amide bonds. The van der Waals surface area contributed by atoms with Crippen molar-refractivity contribution >= 4 is 17.1 Å². The number of ether oxygens (including phenoxy) is 1. The fraction of sp³-hybridized carbons (Fsp3) is 0.143. The minimum Gasteiger partial charge on any atom is -0.453 e. The number of anilines is 2. The van der Waals surface area contributed by atoms with Crippen LogP contribution in [0, 0.1) is 24.0 Å². The molecule has 0 unspecified atom stereocenters. The molecular weight excluding hydrogens is 244 g/mol. The van der Waals surface area contributed by atoms with Crippen molar-refractivity contribution in [2.45, 2.75) is 13.8 Å². The second kappa shape index (κ2) is 3.98. The number of hydrogen-bond acceptors (Lipinski definition) is 4. The molecule has 5 heteroatoms. The largest absolute Gasteiger partial charge is 0.453 e. The molecule has 0 aromatic heterocycles. The molecule has 0 saturated carbocycles. The smallest absolute Gasteiger partial charge is 0.276 e. The molecule has 2 aromatic rings. The Balaban J connectivity index is 2.13. The molecule has 3 rings (SSSR count). The molecule has 0 aliphatic carbocycles. The van der Waals surface area contributed by atoms with Gasteiger partial charge in [0.25, 0.3) is 5.69 Å². The summed E-state index contributed by atoms with van der Waals surface area (Å²) in [7, 11) is 0. The number of fused-ring (bicyclic) bond motifs is 2. The van der Waals surface area contributed by atoms with Crippen molar-refractivity contribution in [2.24, 2.45) is 0 Å². The monoisotopic (exact) mass is 256 g/mol. The first-order valence-corrected chi connectivity index (χ1v) is 5.90. The average Bonchev–Trinajstić information content (AvgIpc) is 2.36. The highest BCUT2D eigenvalue weighted by atomic mass is 16.6. The van der Waals surface area contributed by atoms with E-state index in [-0.39, 0.29) is 5.69 Å². The summed E-state index contributed by atoms with van der Waals surface area (Å²) in [5, 5.41) is 14.2. The van der Waals surface area contributed by atoms with Gasteiger partial charge >= 0.3 is 0 Å². The summed E-state index contributed by atoms with van der Waals surface area (Å²) < 4.78 is 5.74. The quantitative estimate of drug-likeness (QED) is 0.526. The molecule has 1 aliphatic heterocycles. The third-order valence-corrected chi connectivity index (χ3v) is 3.21. The maximum Gasteiger partial charge on any atom is 0.276 e. The summed E-state index contributed by atoms with van der Waals surface area (Å²) in [4.78, 5) is 10.5. The van der Waals surface area contributed by atoms with Crippen LogP contribution in [-0.4, -0.2) is 4.92 Å². The Morgan fingerprint density at radius 3 is 2.68 bits per heavy atom. The van der Waals surface area contributed by atoms with Gasteiger partial charge in [0.1, 0.15) is 0 Å². The van der Waals surface area contributed by atoms with Crippen molar-refractivity contribution in [1.29, 1.82) is 0 Å². The van der Waals surface area contributed by atoms with E-state index in [2.05, 4.69) is 5.32 Å². The normalized spacial score (nSPS) is 11.9. The van der Waals surface area contributed by atoms with Crippen LogP contribution in [0.25, 0.3) is 0 Å². The van der Waals surface area contributed by atoms with Crippen molar-refractivity contribution in [3.05, 3.63) is 51.6 Å². The third kappa shape index (κ3) is 1.79. The van der Waals surface area contributed by atoms with Gasteiger partial charge < -0.3 is 10.1 Å². The van der Waals surface area contributed by atoms with E-state index in [0.717, 1.165) is 16.9 Å². The number of hydrogen-bond donors (Lipinski definition) is 1. The van der Waals surface area contributed by atoms with Crippen LogP contribution in [-0.2, 0) is 0 Å². The van der Waals surface area contributed by atoms with Crippen LogP contribution in [0.1, 0.15) is 11.1 Å². The minimum atomic E-state index is -0.398. The van der Waals surface area contributed by atoms with Crippen molar-refractivity contribution in [2.75, 3.05) is 5.32 Å². The number of rotatable bonds is 1. The highest BCUT2D eigenvalue weighted by molar-refractivity contribution is 5.79. The standard InChI is InChI=1S/C14H12N2O3/c1-8-4-3-5-12-14(8)15-10-6-9(2)11(16(17)18)7-13(10)19-12/h3-7,15H,1-2H3. The van der Waals surface area contributed by atoms with E-state index in [4.69, 9.17) is 4.74 Å². The molecule has 5 nitrogen and oxygen atoms in total. The Kier molecular flexibility index (Phi) is 2.41. The van der Waals surface area contributed by atoms with Gasteiger partial charge in [-0.05, 0) is 31.5 Å². The molecule has 0 bridgehead atoms. The van der Waals surface area contributed by atoms with Crippen molar-refractivity contribution in [1.82, 2.24) is 0 Å². The van der Waals surface area contributed by atoms with Crippen LogP contribution in [0.5, 0.6) is 11.5 Å². The van der Waals surface area contributed by atoms with Crippen molar-refractivity contribution in [3.63, 3.8) is 0 Å². The number of nitrogens with one attached hydrogen (secondary N) is 1. The number of nitro benzene ring substituents is 1. The highest BCUT2D eigenvalue weighted by Crippen LogP contribution is 2.45. The predicted molar refractivity (Wildman–Crippen MR) is 72.4 cm³/mol. The Morgan fingerprint density at radius 1 is 1.16 bits per heavy atom. The average molecular weight is 256 g/mol. The Morgan fingerprint density at radius 2 is 1.95 bits per heavy atom. The summed E-state index contributed by atoms with van der Waals surface area (Å²) in [5.74, 6) is 1.17. The number of para-hydroxylation sites is 1. The number of nitro groups is 1. The van der Waals surface area contributed by atoms with Crippen molar-refractivity contribution < 1.29 is 9.66 Å². The first-order chi connectivity index (χ1) is 9.06. The summed E-state index contributed by atoms with van der Waals surface area (Å²) >= 11 is 0.